The van der Waals surface area contributed by atoms with E-state index in [0.29, 0.717) is 17.3 Å². The molecule has 7 heteroatoms. The molecule has 2 rings (SSSR count). The lowest BCUT2D eigenvalue weighted by Gasteiger charge is -2.25. The second-order valence-electron chi connectivity index (χ2n) is 6.04. The van der Waals surface area contributed by atoms with Gasteiger partial charge in [-0.25, -0.2) is 8.42 Å². The molecule has 1 amide bonds. The maximum absolute atomic E-state index is 12.7. The molecule has 0 aromatic heterocycles. The molecule has 2 aromatic carbocycles. The smallest absolute Gasteiger partial charge is 0.232 e. The zero-order valence-electron chi connectivity index (χ0n) is 15.1. The minimum atomic E-state index is -3.53. The molecule has 140 valence electrons. The van der Waals surface area contributed by atoms with Gasteiger partial charge in [-0.1, -0.05) is 29.8 Å². The molecular weight excluding hydrogens is 372 g/mol. The first kappa shape index (κ1) is 20.3. The summed E-state index contributed by atoms with van der Waals surface area (Å²) in [7, 11) is -3.53. The number of sulfonamides is 1. The van der Waals surface area contributed by atoms with Crippen molar-refractivity contribution in [2.45, 2.75) is 20.3 Å². The van der Waals surface area contributed by atoms with Gasteiger partial charge in [0.05, 0.1) is 11.9 Å². The van der Waals surface area contributed by atoms with Gasteiger partial charge >= 0.3 is 0 Å². The third-order valence-corrected chi connectivity index (χ3v) is 5.39. The van der Waals surface area contributed by atoms with Gasteiger partial charge in [0.25, 0.3) is 0 Å². The van der Waals surface area contributed by atoms with E-state index in [2.05, 4.69) is 0 Å². The second-order valence-corrected chi connectivity index (χ2v) is 8.39. The van der Waals surface area contributed by atoms with Crippen molar-refractivity contribution < 1.29 is 13.2 Å². The molecule has 0 unspecified atom stereocenters. The fraction of sp³-hybridized carbons (Fsp3) is 0.316. The van der Waals surface area contributed by atoms with Crippen molar-refractivity contribution in [1.82, 2.24) is 0 Å². The van der Waals surface area contributed by atoms with Crippen molar-refractivity contribution in [3.05, 3.63) is 59.1 Å². The molecule has 2 aromatic rings. The van der Waals surface area contributed by atoms with E-state index in [1.807, 2.05) is 38.1 Å². The van der Waals surface area contributed by atoms with Gasteiger partial charge in [-0.3, -0.25) is 9.10 Å². The molecule has 0 atom stereocenters. The summed E-state index contributed by atoms with van der Waals surface area (Å²) in [6.45, 7) is 4.43. The number of amides is 1. The Hall–Kier alpha value is -2.05. The van der Waals surface area contributed by atoms with Crippen LogP contribution >= 0.6 is 11.6 Å². The lowest BCUT2D eigenvalue weighted by molar-refractivity contribution is -0.118. The predicted molar refractivity (Wildman–Crippen MR) is 107 cm³/mol. The lowest BCUT2D eigenvalue weighted by atomic mass is 10.2. The third kappa shape index (κ3) is 5.22. The SMILES string of the molecule is CCN(C(=O)CCN(c1cccc(Cl)c1)S(C)(=O)=O)c1cccc(C)c1. The van der Waals surface area contributed by atoms with Gasteiger partial charge in [0, 0.05) is 30.2 Å². The van der Waals surface area contributed by atoms with Crippen LogP contribution in [0.4, 0.5) is 11.4 Å². The van der Waals surface area contributed by atoms with Crippen LogP contribution in [0.15, 0.2) is 48.5 Å². The maximum Gasteiger partial charge on any atom is 0.232 e. The highest BCUT2D eigenvalue weighted by Gasteiger charge is 2.21. The molecule has 0 spiro atoms. The maximum atomic E-state index is 12.7. The number of hydrogen-bond donors (Lipinski definition) is 0. The Balaban J connectivity index is 2.18. The minimum absolute atomic E-state index is 0.0559. The van der Waals surface area contributed by atoms with Gasteiger partial charge in [-0.2, -0.15) is 0 Å². The van der Waals surface area contributed by atoms with Crippen LogP contribution in [0.3, 0.4) is 0 Å². The molecule has 0 aliphatic heterocycles. The van der Waals surface area contributed by atoms with E-state index in [4.69, 9.17) is 11.6 Å². The standard InChI is InChI=1S/C19H23ClN2O3S/c1-4-21(17-9-5-7-15(2)13-17)19(23)11-12-22(26(3,24)25)18-10-6-8-16(20)14-18/h5-10,13-14H,4,11-12H2,1-3H3. The van der Waals surface area contributed by atoms with Crippen molar-refractivity contribution >= 4 is 38.9 Å². The Morgan fingerprint density at radius 3 is 2.31 bits per heavy atom. The monoisotopic (exact) mass is 394 g/mol. The van der Waals surface area contributed by atoms with E-state index in [-0.39, 0.29) is 18.9 Å². The summed E-state index contributed by atoms with van der Waals surface area (Å²) in [5.41, 5.74) is 2.32. The summed E-state index contributed by atoms with van der Waals surface area (Å²) in [5, 5.41) is 0.442. The number of rotatable bonds is 7. The van der Waals surface area contributed by atoms with E-state index in [1.165, 1.54) is 4.31 Å². The second kappa shape index (κ2) is 8.56. The van der Waals surface area contributed by atoms with Crippen LogP contribution in [0.5, 0.6) is 0 Å². The molecule has 26 heavy (non-hydrogen) atoms. The topological polar surface area (TPSA) is 57.7 Å². The van der Waals surface area contributed by atoms with Crippen LogP contribution in [0.2, 0.25) is 5.02 Å². The largest absolute Gasteiger partial charge is 0.313 e. The van der Waals surface area contributed by atoms with E-state index in [9.17, 15) is 13.2 Å². The van der Waals surface area contributed by atoms with Crippen molar-refractivity contribution in [2.24, 2.45) is 0 Å². The number of aryl methyl sites for hydroxylation is 1. The Bertz CT molecular complexity index is 884. The minimum Gasteiger partial charge on any atom is -0.313 e. The van der Waals surface area contributed by atoms with Gasteiger partial charge in [0.2, 0.25) is 15.9 Å². The Morgan fingerprint density at radius 2 is 1.73 bits per heavy atom. The molecule has 0 aliphatic carbocycles. The Labute approximate surface area is 160 Å². The Morgan fingerprint density at radius 1 is 1.08 bits per heavy atom. The van der Waals surface area contributed by atoms with Gasteiger partial charge in [-0.05, 0) is 49.7 Å². The summed E-state index contributed by atoms with van der Waals surface area (Å²) in [4.78, 5) is 14.4. The van der Waals surface area contributed by atoms with Crippen molar-refractivity contribution in [2.75, 3.05) is 28.6 Å². The van der Waals surface area contributed by atoms with E-state index in [1.54, 1.807) is 29.2 Å². The van der Waals surface area contributed by atoms with Gasteiger partial charge in [0.15, 0.2) is 0 Å². The summed E-state index contributed by atoms with van der Waals surface area (Å²) in [6.07, 6.45) is 1.19. The third-order valence-electron chi connectivity index (χ3n) is 3.96. The highest BCUT2D eigenvalue weighted by atomic mass is 35.5. The average molecular weight is 395 g/mol. The molecule has 0 saturated carbocycles. The normalized spacial score (nSPS) is 11.2. The molecule has 0 N–H and O–H groups in total. The summed E-state index contributed by atoms with van der Waals surface area (Å²) >= 11 is 5.97. The molecule has 0 fully saturated rings. The summed E-state index contributed by atoms with van der Waals surface area (Å²) < 4.78 is 25.5. The van der Waals surface area contributed by atoms with Crippen molar-refractivity contribution in [1.29, 1.82) is 0 Å². The van der Waals surface area contributed by atoms with Crippen molar-refractivity contribution in [3.8, 4) is 0 Å². The number of halogens is 1. The van der Waals surface area contributed by atoms with Crippen LogP contribution in [0, 0.1) is 6.92 Å². The van der Waals surface area contributed by atoms with E-state index < -0.39 is 10.0 Å². The summed E-state index contributed by atoms with van der Waals surface area (Å²) in [6, 6.07) is 14.3. The Kier molecular flexibility index (Phi) is 6.67. The number of anilines is 2. The molecule has 0 bridgehead atoms. The van der Waals surface area contributed by atoms with Gasteiger partial charge < -0.3 is 4.90 Å². The zero-order chi connectivity index (χ0) is 19.3. The predicted octanol–water partition coefficient (Wildman–Crippen LogP) is 3.86. The molecule has 0 radical (unpaired) electrons. The molecule has 0 aliphatic rings. The van der Waals surface area contributed by atoms with E-state index in [0.717, 1.165) is 17.5 Å². The first-order chi connectivity index (χ1) is 12.2. The van der Waals surface area contributed by atoms with Crippen molar-refractivity contribution in [3.63, 3.8) is 0 Å². The van der Waals surface area contributed by atoms with Crippen LogP contribution in [0.1, 0.15) is 18.9 Å². The van der Waals surface area contributed by atoms with Crippen LogP contribution < -0.4 is 9.21 Å². The van der Waals surface area contributed by atoms with Crippen LogP contribution in [0.25, 0.3) is 0 Å². The van der Waals surface area contributed by atoms with Crippen LogP contribution in [-0.4, -0.2) is 33.7 Å². The number of hydrogen-bond acceptors (Lipinski definition) is 3. The summed E-state index contributed by atoms with van der Waals surface area (Å²) in [5.74, 6) is -0.131. The number of nitrogens with zero attached hydrogens (tertiary/aromatic N) is 2. The number of benzene rings is 2. The zero-order valence-corrected chi connectivity index (χ0v) is 16.7. The first-order valence-electron chi connectivity index (χ1n) is 8.32. The lowest BCUT2D eigenvalue weighted by Crippen LogP contribution is -2.37. The number of carbonyl (C=O) groups is 1. The average Bonchev–Trinajstić information content (AvgIpc) is 2.54. The fourth-order valence-electron chi connectivity index (χ4n) is 2.75. The van der Waals surface area contributed by atoms with Gasteiger partial charge in [-0.15, -0.1) is 0 Å². The highest BCUT2D eigenvalue weighted by molar-refractivity contribution is 7.92. The molecule has 0 saturated heterocycles. The molecule has 5 nitrogen and oxygen atoms in total. The number of carbonyl (C=O) groups excluding carboxylic acids is 1. The first-order valence-corrected chi connectivity index (χ1v) is 10.6. The quantitative estimate of drug-likeness (QED) is 0.716. The molecular formula is C19H23ClN2O3S. The van der Waals surface area contributed by atoms with E-state index >= 15 is 0 Å². The van der Waals surface area contributed by atoms with Gasteiger partial charge in [0.1, 0.15) is 0 Å². The fourth-order valence-corrected chi connectivity index (χ4v) is 3.85. The van der Waals surface area contributed by atoms with Crippen LogP contribution in [-0.2, 0) is 14.8 Å². The molecule has 0 heterocycles. The highest BCUT2D eigenvalue weighted by Crippen LogP contribution is 2.23.